The van der Waals surface area contributed by atoms with Crippen molar-refractivity contribution in [2.75, 3.05) is 6.61 Å². The summed E-state index contributed by atoms with van der Waals surface area (Å²) in [6, 6.07) is 10.8. The molecule has 0 unspecified atom stereocenters. The number of nitrogens with one attached hydrogen (secondary N) is 1. The molecule has 0 bridgehead atoms. The Morgan fingerprint density at radius 2 is 2.00 bits per heavy atom. The summed E-state index contributed by atoms with van der Waals surface area (Å²) in [7, 11) is 0. The first kappa shape index (κ1) is 13.5. The van der Waals surface area contributed by atoms with Crippen molar-refractivity contribution >= 4 is 5.91 Å². The molecular weight excluding hydrogens is 270 g/mol. The number of aryl methyl sites for hydroxylation is 1. The van der Waals surface area contributed by atoms with E-state index in [1.165, 1.54) is 0 Å². The molecule has 2 atom stereocenters. The van der Waals surface area contributed by atoms with E-state index in [2.05, 4.69) is 5.32 Å². The Labute approximate surface area is 122 Å². The molecule has 1 aromatic carbocycles. The maximum atomic E-state index is 12.2. The van der Waals surface area contributed by atoms with E-state index in [1.54, 1.807) is 6.07 Å². The lowest BCUT2D eigenvalue weighted by Crippen LogP contribution is -2.44. The van der Waals surface area contributed by atoms with E-state index < -0.39 is 6.10 Å². The Morgan fingerprint density at radius 1 is 1.24 bits per heavy atom. The van der Waals surface area contributed by atoms with Crippen molar-refractivity contribution < 1.29 is 18.7 Å². The molecule has 5 nitrogen and oxygen atoms in total. The Morgan fingerprint density at radius 3 is 2.71 bits per heavy atom. The first-order valence-corrected chi connectivity index (χ1v) is 6.88. The largest absolute Gasteiger partial charge is 0.485 e. The van der Waals surface area contributed by atoms with Crippen LogP contribution in [0.15, 0.2) is 40.8 Å². The van der Waals surface area contributed by atoms with Gasteiger partial charge in [-0.2, -0.15) is 0 Å². The number of amides is 1. The zero-order valence-electron chi connectivity index (χ0n) is 12.0. The van der Waals surface area contributed by atoms with E-state index in [1.807, 2.05) is 44.2 Å². The number of hydrogen-bond acceptors (Lipinski definition) is 4. The average molecular weight is 287 g/mol. The van der Waals surface area contributed by atoms with Crippen LogP contribution in [0, 0.1) is 6.92 Å². The molecule has 5 heteroatoms. The third-order valence-electron chi connectivity index (χ3n) is 3.35. The minimum atomic E-state index is -0.654. The Bertz CT molecular complexity index is 649. The maximum absolute atomic E-state index is 12.2. The molecule has 0 spiro atoms. The first-order chi connectivity index (χ1) is 10.1. The molecule has 2 aromatic rings. The van der Waals surface area contributed by atoms with Crippen LogP contribution in [0.4, 0.5) is 0 Å². The molecule has 1 aliphatic rings. The van der Waals surface area contributed by atoms with Crippen LogP contribution < -0.4 is 14.8 Å². The van der Waals surface area contributed by atoms with Crippen molar-refractivity contribution in [2.45, 2.75) is 26.0 Å². The van der Waals surface area contributed by atoms with Crippen LogP contribution in [0.25, 0.3) is 0 Å². The van der Waals surface area contributed by atoms with Crippen molar-refractivity contribution in [3.63, 3.8) is 0 Å². The fourth-order valence-corrected chi connectivity index (χ4v) is 2.21. The lowest BCUT2D eigenvalue weighted by Gasteiger charge is -2.26. The molecule has 1 amide bonds. The molecule has 3 rings (SSSR count). The van der Waals surface area contributed by atoms with Gasteiger partial charge in [0.1, 0.15) is 18.1 Å². The van der Waals surface area contributed by atoms with E-state index in [0.717, 1.165) is 11.5 Å². The van der Waals surface area contributed by atoms with Crippen molar-refractivity contribution in [3.05, 3.63) is 47.9 Å². The zero-order chi connectivity index (χ0) is 14.8. The van der Waals surface area contributed by atoms with Crippen LogP contribution in [-0.4, -0.2) is 18.6 Å². The van der Waals surface area contributed by atoms with Crippen LogP contribution in [0.5, 0.6) is 11.5 Å². The van der Waals surface area contributed by atoms with Gasteiger partial charge >= 0.3 is 0 Å². The van der Waals surface area contributed by atoms with Gasteiger partial charge in [-0.15, -0.1) is 0 Å². The monoisotopic (exact) mass is 287 g/mol. The summed E-state index contributed by atoms with van der Waals surface area (Å²) < 4.78 is 16.7. The highest BCUT2D eigenvalue weighted by atomic mass is 16.6. The lowest BCUT2D eigenvalue weighted by atomic mass is 10.2. The van der Waals surface area contributed by atoms with E-state index in [0.29, 0.717) is 11.5 Å². The number of rotatable bonds is 3. The maximum Gasteiger partial charge on any atom is 0.265 e. The standard InChI is InChI=1S/C16H17NO4/c1-10-7-8-12(20-10)11(2)17-16(18)15-9-19-13-5-3-4-6-14(13)21-15/h3-8,11,15H,9H2,1-2H3,(H,17,18)/t11-,15-/m0/s1. The number of benzene rings is 1. The predicted molar refractivity (Wildman–Crippen MR) is 76.4 cm³/mol. The normalized spacial score (nSPS) is 18.1. The van der Waals surface area contributed by atoms with Gasteiger partial charge in [0.25, 0.3) is 5.91 Å². The van der Waals surface area contributed by atoms with Crippen LogP contribution in [0.1, 0.15) is 24.5 Å². The highest BCUT2D eigenvalue weighted by Gasteiger charge is 2.28. The van der Waals surface area contributed by atoms with Crippen LogP contribution >= 0.6 is 0 Å². The molecule has 0 saturated carbocycles. The SMILES string of the molecule is Cc1ccc([C@H](C)NC(=O)[C@@H]2COc3ccccc3O2)o1. The number of fused-ring (bicyclic) bond motifs is 1. The fraction of sp³-hybridized carbons (Fsp3) is 0.312. The summed E-state index contributed by atoms with van der Waals surface area (Å²) in [6.07, 6.45) is -0.654. The van der Waals surface area contributed by atoms with E-state index in [9.17, 15) is 4.79 Å². The first-order valence-electron chi connectivity index (χ1n) is 6.88. The topological polar surface area (TPSA) is 60.7 Å². The van der Waals surface area contributed by atoms with Crippen LogP contribution in [-0.2, 0) is 4.79 Å². The summed E-state index contributed by atoms with van der Waals surface area (Å²) in [6.45, 7) is 3.94. The lowest BCUT2D eigenvalue weighted by molar-refractivity contribution is -0.131. The van der Waals surface area contributed by atoms with Gasteiger partial charge in [-0.25, -0.2) is 0 Å². The molecule has 0 aliphatic carbocycles. The van der Waals surface area contributed by atoms with Gasteiger partial charge in [0.2, 0.25) is 6.10 Å². The van der Waals surface area contributed by atoms with Gasteiger partial charge in [-0.05, 0) is 38.1 Å². The minimum Gasteiger partial charge on any atom is -0.485 e. The van der Waals surface area contributed by atoms with Gasteiger partial charge in [0.05, 0.1) is 6.04 Å². The third-order valence-corrected chi connectivity index (χ3v) is 3.35. The van der Waals surface area contributed by atoms with Crippen LogP contribution in [0.2, 0.25) is 0 Å². The van der Waals surface area contributed by atoms with Gasteiger partial charge in [0.15, 0.2) is 11.5 Å². The number of carbonyl (C=O) groups excluding carboxylic acids is 1. The summed E-state index contributed by atoms with van der Waals surface area (Å²) in [5.74, 6) is 2.57. The summed E-state index contributed by atoms with van der Waals surface area (Å²) in [4.78, 5) is 12.2. The summed E-state index contributed by atoms with van der Waals surface area (Å²) in [5.41, 5.74) is 0. The molecule has 110 valence electrons. The smallest absolute Gasteiger partial charge is 0.265 e. The molecule has 1 aromatic heterocycles. The number of hydrogen-bond donors (Lipinski definition) is 1. The van der Waals surface area contributed by atoms with E-state index in [-0.39, 0.29) is 18.6 Å². The highest BCUT2D eigenvalue weighted by molar-refractivity contribution is 5.82. The zero-order valence-corrected chi connectivity index (χ0v) is 12.0. The highest BCUT2D eigenvalue weighted by Crippen LogP contribution is 2.31. The molecule has 0 fully saturated rings. The fourth-order valence-electron chi connectivity index (χ4n) is 2.21. The van der Waals surface area contributed by atoms with Crippen molar-refractivity contribution in [1.82, 2.24) is 5.32 Å². The van der Waals surface area contributed by atoms with E-state index in [4.69, 9.17) is 13.9 Å². The van der Waals surface area contributed by atoms with Gasteiger partial charge in [-0.3, -0.25) is 4.79 Å². The number of para-hydroxylation sites is 2. The summed E-state index contributed by atoms with van der Waals surface area (Å²) >= 11 is 0. The molecular formula is C16H17NO4. The second kappa shape index (κ2) is 5.52. The van der Waals surface area contributed by atoms with Gasteiger partial charge in [-0.1, -0.05) is 12.1 Å². The van der Waals surface area contributed by atoms with Crippen molar-refractivity contribution in [1.29, 1.82) is 0 Å². The molecule has 1 aliphatic heterocycles. The number of carbonyl (C=O) groups is 1. The second-order valence-corrected chi connectivity index (χ2v) is 5.04. The van der Waals surface area contributed by atoms with Gasteiger partial charge < -0.3 is 19.2 Å². The number of ether oxygens (including phenoxy) is 2. The molecule has 1 N–H and O–H groups in total. The third kappa shape index (κ3) is 2.86. The average Bonchev–Trinajstić information content (AvgIpc) is 2.93. The van der Waals surface area contributed by atoms with E-state index >= 15 is 0 Å². The van der Waals surface area contributed by atoms with Crippen molar-refractivity contribution in [3.8, 4) is 11.5 Å². The minimum absolute atomic E-state index is 0.201. The molecule has 0 radical (unpaired) electrons. The molecule has 2 heterocycles. The number of furan rings is 1. The Kier molecular flexibility index (Phi) is 3.56. The van der Waals surface area contributed by atoms with Gasteiger partial charge in [0, 0.05) is 0 Å². The molecule has 21 heavy (non-hydrogen) atoms. The Balaban J connectivity index is 1.64. The predicted octanol–water partition coefficient (Wildman–Crippen LogP) is 2.61. The Hall–Kier alpha value is -2.43. The quantitative estimate of drug-likeness (QED) is 0.942. The molecule has 0 saturated heterocycles. The summed E-state index contributed by atoms with van der Waals surface area (Å²) in [5, 5.41) is 2.87. The van der Waals surface area contributed by atoms with Crippen molar-refractivity contribution in [2.24, 2.45) is 0 Å². The van der Waals surface area contributed by atoms with Crippen LogP contribution in [0.3, 0.4) is 0 Å². The second-order valence-electron chi connectivity index (χ2n) is 5.04.